The van der Waals surface area contributed by atoms with Crippen LogP contribution in [0.3, 0.4) is 0 Å². The van der Waals surface area contributed by atoms with Gasteiger partial charge < -0.3 is 29.1 Å². The van der Waals surface area contributed by atoms with Crippen LogP contribution in [0.1, 0.15) is 16.8 Å². The van der Waals surface area contributed by atoms with Crippen LogP contribution in [0, 0.1) is 0 Å². The Morgan fingerprint density at radius 3 is 2.29 bits per heavy atom. The number of carbonyl (C=O) groups is 2. The molecule has 0 saturated carbocycles. The van der Waals surface area contributed by atoms with Gasteiger partial charge in [0.2, 0.25) is 5.89 Å². The van der Waals surface area contributed by atoms with E-state index in [1.807, 2.05) is 72.8 Å². The maximum atomic E-state index is 12.0. The summed E-state index contributed by atoms with van der Waals surface area (Å²) in [4.78, 5) is 28.0. The molecule has 3 aromatic carbocycles. The minimum absolute atomic E-state index is 0.0433. The lowest BCUT2D eigenvalue weighted by molar-refractivity contribution is -0.141. The van der Waals surface area contributed by atoms with E-state index in [9.17, 15) is 14.7 Å². The van der Waals surface area contributed by atoms with Gasteiger partial charge in [0.25, 0.3) is 0 Å². The lowest BCUT2D eigenvalue weighted by atomic mass is 10.2. The molecule has 4 rings (SSSR count). The zero-order valence-corrected chi connectivity index (χ0v) is 20.6. The van der Waals surface area contributed by atoms with Crippen LogP contribution in [0.15, 0.2) is 95.6 Å². The number of oxazole rings is 1. The number of carbonyl (C=O) groups excluding carboxylic acids is 1. The SMILES string of the molecule is O=C(NC(COCc1ccc(OCCc2coc(-c3ccccc3)n2)cc1)C(=O)O)OCc1ccccc1. The predicted molar refractivity (Wildman–Crippen MR) is 138 cm³/mol. The van der Waals surface area contributed by atoms with Crippen molar-refractivity contribution in [1.29, 1.82) is 0 Å². The number of nitrogens with one attached hydrogen (secondary N) is 1. The van der Waals surface area contributed by atoms with E-state index in [0.717, 1.165) is 22.4 Å². The molecule has 4 aromatic rings. The molecule has 1 unspecified atom stereocenters. The second-order valence-corrected chi connectivity index (χ2v) is 8.36. The van der Waals surface area contributed by atoms with E-state index in [1.165, 1.54) is 0 Å². The molecule has 0 fully saturated rings. The molecule has 2 N–H and O–H groups in total. The quantitative estimate of drug-likeness (QED) is 0.259. The van der Waals surface area contributed by atoms with Gasteiger partial charge in [-0.1, -0.05) is 60.7 Å². The maximum absolute atomic E-state index is 12.0. The van der Waals surface area contributed by atoms with Gasteiger partial charge in [0.05, 0.1) is 25.5 Å². The van der Waals surface area contributed by atoms with Crippen molar-refractivity contribution in [2.45, 2.75) is 25.7 Å². The summed E-state index contributed by atoms with van der Waals surface area (Å²) in [6.45, 7) is 0.438. The second kappa shape index (κ2) is 13.6. The number of alkyl carbamates (subject to hydrolysis) is 1. The third-order valence-corrected chi connectivity index (χ3v) is 5.48. The van der Waals surface area contributed by atoms with Gasteiger partial charge in [-0.3, -0.25) is 0 Å². The fourth-order valence-corrected chi connectivity index (χ4v) is 3.47. The molecular weight excluding hydrogens is 488 g/mol. The molecule has 0 aliphatic heterocycles. The Labute approximate surface area is 220 Å². The van der Waals surface area contributed by atoms with Gasteiger partial charge >= 0.3 is 12.1 Å². The first-order valence-electron chi connectivity index (χ1n) is 12.1. The van der Waals surface area contributed by atoms with Crippen LogP contribution in [0.5, 0.6) is 5.75 Å². The highest BCUT2D eigenvalue weighted by Crippen LogP contribution is 2.19. The van der Waals surface area contributed by atoms with Crippen molar-refractivity contribution in [2.75, 3.05) is 13.2 Å². The van der Waals surface area contributed by atoms with Crippen LogP contribution in [0.4, 0.5) is 4.79 Å². The van der Waals surface area contributed by atoms with E-state index in [1.54, 1.807) is 18.4 Å². The highest BCUT2D eigenvalue weighted by Gasteiger charge is 2.21. The van der Waals surface area contributed by atoms with E-state index < -0.39 is 18.1 Å². The first kappa shape index (κ1) is 26.4. The molecule has 9 heteroatoms. The normalized spacial score (nSPS) is 11.5. The number of ether oxygens (including phenoxy) is 3. The summed E-state index contributed by atoms with van der Waals surface area (Å²) in [6.07, 6.45) is 1.40. The highest BCUT2D eigenvalue weighted by atomic mass is 16.5. The summed E-state index contributed by atoms with van der Waals surface area (Å²) in [5, 5.41) is 11.7. The first-order chi connectivity index (χ1) is 18.6. The molecular formula is C29H28N2O7. The van der Waals surface area contributed by atoms with Crippen LogP contribution in [0.2, 0.25) is 0 Å². The average molecular weight is 517 g/mol. The van der Waals surface area contributed by atoms with Gasteiger partial charge in [-0.25, -0.2) is 14.6 Å². The smallest absolute Gasteiger partial charge is 0.408 e. The van der Waals surface area contributed by atoms with E-state index >= 15 is 0 Å². The molecule has 9 nitrogen and oxygen atoms in total. The van der Waals surface area contributed by atoms with Crippen molar-refractivity contribution >= 4 is 12.1 Å². The van der Waals surface area contributed by atoms with Crippen molar-refractivity contribution in [1.82, 2.24) is 10.3 Å². The lowest BCUT2D eigenvalue weighted by Crippen LogP contribution is -2.44. The topological polar surface area (TPSA) is 120 Å². The van der Waals surface area contributed by atoms with Crippen LogP contribution in [-0.4, -0.2) is 41.4 Å². The van der Waals surface area contributed by atoms with Crippen LogP contribution in [-0.2, 0) is 33.9 Å². The minimum atomic E-state index is -1.24. The Balaban J connectivity index is 1.16. The van der Waals surface area contributed by atoms with Crippen molar-refractivity contribution < 1.29 is 33.3 Å². The summed E-state index contributed by atoms with van der Waals surface area (Å²) in [7, 11) is 0. The molecule has 38 heavy (non-hydrogen) atoms. The molecule has 1 aromatic heterocycles. The van der Waals surface area contributed by atoms with Crippen molar-refractivity contribution in [3.63, 3.8) is 0 Å². The van der Waals surface area contributed by atoms with E-state index in [4.69, 9.17) is 18.6 Å². The molecule has 196 valence electrons. The summed E-state index contributed by atoms with van der Waals surface area (Å²) in [5.74, 6) is 0.0505. The number of carboxylic acids is 1. The Kier molecular flexibility index (Phi) is 9.47. The summed E-state index contributed by atoms with van der Waals surface area (Å²) >= 11 is 0. The molecule has 0 aliphatic carbocycles. The van der Waals surface area contributed by atoms with Gasteiger partial charge in [0.1, 0.15) is 18.6 Å². The van der Waals surface area contributed by atoms with Crippen molar-refractivity contribution in [3.8, 4) is 17.2 Å². The van der Waals surface area contributed by atoms with Gasteiger partial charge in [0, 0.05) is 12.0 Å². The standard InChI is InChI=1S/C29H28N2O7/c32-28(33)26(31-29(34)38-18-21-7-3-1-4-8-21)20-35-17-22-11-13-25(14-12-22)36-16-15-24-19-37-27(30-24)23-9-5-2-6-10-23/h1-14,19,26H,15-18,20H2,(H,31,34)(H,32,33). The number of aliphatic carboxylic acids is 1. The summed E-state index contributed by atoms with van der Waals surface area (Å²) in [5.41, 5.74) is 3.36. The average Bonchev–Trinajstić information content (AvgIpc) is 3.42. The number of amides is 1. The monoisotopic (exact) mass is 516 g/mol. The summed E-state index contributed by atoms with van der Waals surface area (Å²) in [6, 6.07) is 24.8. The van der Waals surface area contributed by atoms with Gasteiger partial charge in [0.15, 0.2) is 6.04 Å². The summed E-state index contributed by atoms with van der Waals surface area (Å²) < 4.78 is 21.9. The Hall–Kier alpha value is -4.63. The number of aromatic nitrogens is 1. The van der Waals surface area contributed by atoms with E-state index in [-0.39, 0.29) is 19.8 Å². The molecule has 1 atom stereocenters. The largest absolute Gasteiger partial charge is 0.493 e. The zero-order valence-electron chi connectivity index (χ0n) is 20.6. The van der Waals surface area contributed by atoms with E-state index in [2.05, 4.69) is 10.3 Å². The number of hydrogen-bond donors (Lipinski definition) is 2. The number of nitrogens with zero attached hydrogens (tertiary/aromatic N) is 1. The molecule has 1 amide bonds. The van der Waals surface area contributed by atoms with Crippen LogP contribution < -0.4 is 10.1 Å². The highest BCUT2D eigenvalue weighted by molar-refractivity contribution is 5.80. The lowest BCUT2D eigenvalue weighted by Gasteiger charge is -2.15. The Morgan fingerprint density at radius 2 is 1.58 bits per heavy atom. The number of carboxylic acid groups (broad SMARTS) is 1. The second-order valence-electron chi connectivity index (χ2n) is 8.36. The molecule has 0 radical (unpaired) electrons. The third-order valence-electron chi connectivity index (χ3n) is 5.48. The molecule has 0 aliphatic rings. The van der Waals surface area contributed by atoms with Crippen molar-refractivity contribution in [2.24, 2.45) is 0 Å². The fourth-order valence-electron chi connectivity index (χ4n) is 3.47. The minimum Gasteiger partial charge on any atom is -0.493 e. The van der Waals surface area contributed by atoms with E-state index in [0.29, 0.717) is 24.7 Å². The zero-order chi connectivity index (χ0) is 26.6. The molecule has 0 bridgehead atoms. The predicted octanol–water partition coefficient (Wildman–Crippen LogP) is 4.86. The van der Waals surface area contributed by atoms with Crippen LogP contribution in [0.25, 0.3) is 11.5 Å². The fraction of sp³-hybridized carbons (Fsp3) is 0.207. The maximum Gasteiger partial charge on any atom is 0.408 e. The third kappa shape index (κ3) is 8.21. The molecule has 0 saturated heterocycles. The Morgan fingerprint density at radius 1 is 0.895 bits per heavy atom. The number of hydrogen-bond acceptors (Lipinski definition) is 7. The first-order valence-corrected chi connectivity index (χ1v) is 12.1. The van der Waals surface area contributed by atoms with Gasteiger partial charge in [-0.05, 0) is 35.4 Å². The number of rotatable bonds is 13. The molecule has 0 spiro atoms. The molecule has 1 heterocycles. The Bertz CT molecular complexity index is 1290. The number of benzene rings is 3. The van der Waals surface area contributed by atoms with Gasteiger partial charge in [-0.15, -0.1) is 0 Å². The van der Waals surface area contributed by atoms with Crippen LogP contribution >= 0.6 is 0 Å². The van der Waals surface area contributed by atoms with Gasteiger partial charge in [-0.2, -0.15) is 0 Å². The van der Waals surface area contributed by atoms with Crippen molar-refractivity contribution in [3.05, 3.63) is 108 Å².